The maximum atomic E-state index is 2.39. The molecule has 0 radical (unpaired) electrons. The van der Waals surface area contributed by atoms with Gasteiger partial charge in [0.2, 0.25) is 0 Å². The smallest absolute Gasteiger partial charge is 0.0232 e. The normalized spacial score (nSPS) is 33.0. The van der Waals surface area contributed by atoms with Crippen LogP contribution < -0.4 is 0 Å². The number of allylic oxidation sites excluding steroid dienone is 2. The molecule has 0 N–H and O–H groups in total. The van der Waals surface area contributed by atoms with Gasteiger partial charge in [0, 0.05) is 0 Å². The van der Waals surface area contributed by atoms with Gasteiger partial charge < -0.3 is 0 Å². The Balaban J connectivity index is 2.58. The first kappa shape index (κ1) is 10.8. The highest BCUT2D eigenvalue weighted by atomic mass is 14.1. The summed E-state index contributed by atoms with van der Waals surface area (Å²) in [6, 6.07) is 0. The van der Waals surface area contributed by atoms with Crippen LogP contribution in [0, 0.1) is 5.92 Å². The van der Waals surface area contributed by atoms with Gasteiger partial charge in [-0.1, -0.05) is 43.8 Å². The number of rotatable bonds is 0. The predicted molar refractivity (Wildman–Crippen MR) is 59.9 cm³/mol. The Bertz CT molecular complexity index is 176. The van der Waals surface area contributed by atoms with Crippen molar-refractivity contribution < 1.29 is 0 Å². The average Bonchev–Trinajstić information content (AvgIpc) is 2.13. The molecule has 1 unspecified atom stereocenters. The molecule has 0 fully saturated rings. The topological polar surface area (TPSA) is 0 Å². The molecule has 0 aromatic rings. The molecule has 0 saturated heterocycles. The maximum Gasteiger partial charge on any atom is -0.0232 e. The first-order valence-corrected chi connectivity index (χ1v) is 5.88. The van der Waals surface area contributed by atoms with Crippen LogP contribution in [-0.2, 0) is 0 Å². The summed E-state index contributed by atoms with van der Waals surface area (Å²) in [6.07, 6.45) is 9.95. The lowest BCUT2D eigenvalue weighted by molar-refractivity contribution is 0.512. The summed E-state index contributed by atoms with van der Waals surface area (Å²) in [5, 5.41) is 0. The fourth-order valence-electron chi connectivity index (χ4n) is 2.21. The van der Waals surface area contributed by atoms with E-state index in [1.165, 1.54) is 44.9 Å². The summed E-state index contributed by atoms with van der Waals surface area (Å²) in [7, 11) is 0. The zero-order chi connectivity index (χ0) is 9.68. The maximum absolute atomic E-state index is 2.39. The Labute approximate surface area is 83.4 Å². The van der Waals surface area contributed by atoms with Crippen molar-refractivity contribution in [1.82, 2.24) is 0 Å². The molecule has 1 rings (SSSR count). The molecule has 0 aromatic carbocycles. The van der Waals surface area contributed by atoms with Gasteiger partial charge in [-0.05, 0) is 39.0 Å². The summed E-state index contributed by atoms with van der Waals surface area (Å²) in [6.45, 7) is 7.05. The van der Waals surface area contributed by atoms with Crippen molar-refractivity contribution in [2.24, 2.45) is 5.92 Å². The zero-order valence-electron chi connectivity index (χ0n) is 9.53. The van der Waals surface area contributed by atoms with Gasteiger partial charge >= 0.3 is 0 Å². The van der Waals surface area contributed by atoms with Crippen LogP contribution in [0.5, 0.6) is 0 Å². The zero-order valence-corrected chi connectivity index (χ0v) is 9.53. The highest BCUT2D eigenvalue weighted by Gasteiger charge is 2.08. The summed E-state index contributed by atoms with van der Waals surface area (Å²) < 4.78 is 0. The Hall–Kier alpha value is -0.260. The van der Waals surface area contributed by atoms with E-state index in [1.807, 2.05) is 0 Å². The monoisotopic (exact) mass is 180 g/mol. The Morgan fingerprint density at radius 1 is 0.923 bits per heavy atom. The van der Waals surface area contributed by atoms with Crippen LogP contribution >= 0.6 is 0 Å². The van der Waals surface area contributed by atoms with Crippen molar-refractivity contribution in [3.63, 3.8) is 0 Å². The Kier molecular flexibility index (Phi) is 4.55. The van der Waals surface area contributed by atoms with Gasteiger partial charge in [0.05, 0.1) is 0 Å². The molecule has 1 aliphatic rings. The molecule has 0 bridgehead atoms. The quantitative estimate of drug-likeness (QED) is 0.474. The third-order valence-corrected chi connectivity index (χ3v) is 3.60. The van der Waals surface area contributed by atoms with E-state index in [0.717, 1.165) is 5.92 Å². The van der Waals surface area contributed by atoms with Crippen molar-refractivity contribution in [2.75, 3.05) is 0 Å². The van der Waals surface area contributed by atoms with Crippen LogP contribution in [0.2, 0.25) is 0 Å². The molecular formula is C13H24. The minimum absolute atomic E-state index is 0.832. The van der Waals surface area contributed by atoms with Crippen molar-refractivity contribution >= 4 is 0 Å². The molecule has 76 valence electrons. The van der Waals surface area contributed by atoms with E-state index in [1.54, 1.807) is 11.1 Å². The summed E-state index contributed by atoms with van der Waals surface area (Å²) in [5.74, 6) is 0.832. The van der Waals surface area contributed by atoms with Crippen molar-refractivity contribution in [3.05, 3.63) is 11.1 Å². The summed E-state index contributed by atoms with van der Waals surface area (Å²) >= 11 is 0. The van der Waals surface area contributed by atoms with Crippen LogP contribution in [0.3, 0.4) is 0 Å². The molecule has 0 nitrogen and oxygen atoms in total. The highest BCUT2D eigenvalue weighted by Crippen LogP contribution is 2.25. The van der Waals surface area contributed by atoms with Gasteiger partial charge in [0.25, 0.3) is 0 Å². The molecule has 0 saturated carbocycles. The van der Waals surface area contributed by atoms with Gasteiger partial charge in [-0.15, -0.1) is 0 Å². The first-order valence-electron chi connectivity index (χ1n) is 5.88. The molecule has 0 spiro atoms. The van der Waals surface area contributed by atoms with Crippen LogP contribution in [0.15, 0.2) is 11.1 Å². The fraction of sp³-hybridized carbons (Fsp3) is 0.846. The predicted octanol–water partition coefficient (Wildman–Crippen LogP) is 4.70. The fourth-order valence-corrected chi connectivity index (χ4v) is 2.21. The van der Waals surface area contributed by atoms with E-state index in [9.17, 15) is 0 Å². The van der Waals surface area contributed by atoms with Gasteiger partial charge in [0.15, 0.2) is 0 Å². The Morgan fingerprint density at radius 2 is 1.54 bits per heavy atom. The van der Waals surface area contributed by atoms with Crippen molar-refractivity contribution in [2.45, 2.75) is 65.7 Å². The third kappa shape index (κ3) is 3.54. The molecule has 0 heteroatoms. The second-order valence-electron chi connectivity index (χ2n) is 4.67. The lowest BCUT2D eigenvalue weighted by atomic mass is 9.89. The van der Waals surface area contributed by atoms with Gasteiger partial charge in [-0.3, -0.25) is 0 Å². The lowest BCUT2D eigenvalue weighted by Crippen LogP contribution is -2.01. The largest absolute Gasteiger partial charge is 0.0741 e. The second kappa shape index (κ2) is 5.47. The molecule has 1 aliphatic carbocycles. The van der Waals surface area contributed by atoms with Gasteiger partial charge in [-0.25, -0.2) is 0 Å². The standard InChI is InChI=1S/C13H24/c1-11-9-7-5-4-6-8-10-12(2)13(11)3/h11H,4-10H2,1-3H3/b13-12-. The average molecular weight is 180 g/mol. The van der Waals surface area contributed by atoms with Crippen LogP contribution in [0.4, 0.5) is 0 Å². The van der Waals surface area contributed by atoms with Crippen LogP contribution in [0.25, 0.3) is 0 Å². The molecule has 0 amide bonds. The summed E-state index contributed by atoms with van der Waals surface area (Å²) in [5.41, 5.74) is 3.33. The van der Waals surface area contributed by atoms with Crippen molar-refractivity contribution in [3.8, 4) is 0 Å². The van der Waals surface area contributed by atoms with Crippen molar-refractivity contribution in [1.29, 1.82) is 0 Å². The van der Waals surface area contributed by atoms with Crippen LogP contribution in [-0.4, -0.2) is 0 Å². The first-order chi connectivity index (χ1) is 6.22. The lowest BCUT2D eigenvalue weighted by Gasteiger charge is -2.17. The van der Waals surface area contributed by atoms with E-state index in [0.29, 0.717) is 0 Å². The number of hydrogen-bond donors (Lipinski definition) is 0. The molecule has 0 aliphatic heterocycles. The van der Waals surface area contributed by atoms with E-state index in [2.05, 4.69) is 20.8 Å². The second-order valence-corrected chi connectivity index (χ2v) is 4.67. The summed E-state index contributed by atoms with van der Waals surface area (Å²) in [4.78, 5) is 0. The SMILES string of the molecule is C/C1=C(\C)C(C)CCCCCCC1. The Morgan fingerprint density at radius 3 is 2.31 bits per heavy atom. The molecular weight excluding hydrogens is 156 g/mol. The molecule has 13 heavy (non-hydrogen) atoms. The van der Waals surface area contributed by atoms with E-state index in [4.69, 9.17) is 0 Å². The molecule has 1 atom stereocenters. The van der Waals surface area contributed by atoms with Crippen LogP contribution in [0.1, 0.15) is 65.7 Å². The minimum atomic E-state index is 0.832. The number of hydrogen-bond acceptors (Lipinski definition) is 0. The molecule has 0 heterocycles. The van der Waals surface area contributed by atoms with Gasteiger partial charge in [0.1, 0.15) is 0 Å². The minimum Gasteiger partial charge on any atom is -0.0741 e. The van der Waals surface area contributed by atoms with E-state index < -0.39 is 0 Å². The third-order valence-electron chi connectivity index (χ3n) is 3.60. The van der Waals surface area contributed by atoms with E-state index in [-0.39, 0.29) is 0 Å². The van der Waals surface area contributed by atoms with Gasteiger partial charge in [-0.2, -0.15) is 0 Å². The van der Waals surface area contributed by atoms with E-state index >= 15 is 0 Å². The highest BCUT2D eigenvalue weighted by molar-refractivity contribution is 5.12. The molecule has 0 aromatic heterocycles.